The number of nitrogens with zero attached hydrogens (tertiary/aromatic N) is 2. The van der Waals surface area contributed by atoms with E-state index in [1.165, 1.54) is 17.1 Å². The lowest BCUT2D eigenvalue weighted by Crippen LogP contribution is -2.14. The zero-order valence-electron chi connectivity index (χ0n) is 12.8. The molecule has 0 amide bonds. The molecule has 5 heteroatoms. The summed E-state index contributed by atoms with van der Waals surface area (Å²) in [5.41, 5.74) is 1.88. The third kappa shape index (κ3) is 4.58. The highest BCUT2D eigenvalue weighted by atomic mass is 32.1. The van der Waals surface area contributed by atoms with Crippen LogP contribution >= 0.6 is 11.3 Å². The standard InChI is InChI=1S/C16H22FN3S/c1-4-7-18-10-15-14(8-11(2)3)20-16(21-15)13-6-5-12(17)9-19-13/h5-6,9,11,18H,4,7-8,10H2,1-3H3. The molecule has 0 aliphatic heterocycles. The Balaban J connectivity index is 2.23. The summed E-state index contributed by atoms with van der Waals surface area (Å²) in [5, 5.41) is 4.30. The summed E-state index contributed by atoms with van der Waals surface area (Å²) in [6, 6.07) is 3.12. The van der Waals surface area contributed by atoms with Crippen LogP contribution in [0.2, 0.25) is 0 Å². The second-order valence-electron chi connectivity index (χ2n) is 5.53. The van der Waals surface area contributed by atoms with Gasteiger partial charge in [0.15, 0.2) is 0 Å². The Bertz CT molecular complexity index is 563. The van der Waals surface area contributed by atoms with Crippen molar-refractivity contribution in [1.82, 2.24) is 15.3 Å². The SMILES string of the molecule is CCCNCc1sc(-c2ccc(F)cn2)nc1CC(C)C. The second kappa shape index (κ2) is 7.61. The summed E-state index contributed by atoms with van der Waals surface area (Å²) in [5.74, 6) is 0.244. The van der Waals surface area contributed by atoms with Gasteiger partial charge in [0.2, 0.25) is 0 Å². The molecule has 0 radical (unpaired) electrons. The molecule has 1 N–H and O–H groups in total. The molecular weight excluding hydrogens is 285 g/mol. The van der Waals surface area contributed by atoms with Crippen LogP contribution in [0.5, 0.6) is 0 Å². The van der Waals surface area contributed by atoms with Crippen LogP contribution in [0, 0.1) is 11.7 Å². The van der Waals surface area contributed by atoms with E-state index in [-0.39, 0.29) is 5.82 Å². The van der Waals surface area contributed by atoms with Gasteiger partial charge in [0.25, 0.3) is 0 Å². The van der Waals surface area contributed by atoms with E-state index >= 15 is 0 Å². The Morgan fingerprint density at radius 1 is 1.33 bits per heavy atom. The molecule has 2 aromatic rings. The predicted molar refractivity (Wildman–Crippen MR) is 85.8 cm³/mol. The van der Waals surface area contributed by atoms with Crippen LogP contribution in [-0.2, 0) is 13.0 Å². The van der Waals surface area contributed by atoms with Gasteiger partial charge in [-0.25, -0.2) is 9.37 Å². The highest BCUT2D eigenvalue weighted by Gasteiger charge is 2.14. The van der Waals surface area contributed by atoms with Crippen molar-refractivity contribution >= 4 is 11.3 Å². The number of rotatable bonds is 7. The maximum Gasteiger partial charge on any atom is 0.142 e. The first kappa shape index (κ1) is 16.0. The van der Waals surface area contributed by atoms with E-state index < -0.39 is 0 Å². The molecule has 0 aliphatic rings. The number of nitrogens with one attached hydrogen (secondary N) is 1. The summed E-state index contributed by atoms with van der Waals surface area (Å²) in [4.78, 5) is 10.1. The molecule has 3 nitrogen and oxygen atoms in total. The fourth-order valence-electron chi connectivity index (χ4n) is 2.06. The first-order chi connectivity index (χ1) is 10.1. The normalized spacial score (nSPS) is 11.3. The number of pyridine rings is 1. The molecule has 0 atom stereocenters. The van der Waals surface area contributed by atoms with Crippen LogP contribution in [0.25, 0.3) is 10.7 Å². The van der Waals surface area contributed by atoms with Crippen LogP contribution in [-0.4, -0.2) is 16.5 Å². The average molecular weight is 307 g/mol. The largest absolute Gasteiger partial charge is 0.312 e. The van der Waals surface area contributed by atoms with E-state index in [0.717, 1.165) is 42.3 Å². The van der Waals surface area contributed by atoms with Crippen molar-refractivity contribution in [2.24, 2.45) is 5.92 Å². The van der Waals surface area contributed by atoms with Crippen LogP contribution < -0.4 is 5.32 Å². The monoisotopic (exact) mass is 307 g/mol. The molecule has 0 spiro atoms. The van der Waals surface area contributed by atoms with Crippen molar-refractivity contribution < 1.29 is 4.39 Å². The van der Waals surface area contributed by atoms with E-state index in [1.54, 1.807) is 17.4 Å². The minimum Gasteiger partial charge on any atom is -0.312 e. The lowest BCUT2D eigenvalue weighted by Gasteiger charge is -2.05. The fraction of sp³-hybridized carbons (Fsp3) is 0.500. The van der Waals surface area contributed by atoms with Crippen molar-refractivity contribution in [3.05, 3.63) is 34.7 Å². The summed E-state index contributed by atoms with van der Waals surface area (Å²) in [7, 11) is 0. The summed E-state index contributed by atoms with van der Waals surface area (Å²) >= 11 is 1.65. The molecule has 0 unspecified atom stereocenters. The minimum absolute atomic E-state index is 0.317. The highest BCUT2D eigenvalue weighted by Crippen LogP contribution is 2.28. The van der Waals surface area contributed by atoms with Gasteiger partial charge in [0, 0.05) is 11.4 Å². The molecule has 0 aromatic carbocycles. The maximum absolute atomic E-state index is 13.0. The number of halogens is 1. The summed E-state index contributed by atoms with van der Waals surface area (Å²) in [6.45, 7) is 8.39. The van der Waals surface area contributed by atoms with E-state index in [0.29, 0.717) is 5.92 Å². The van der Waals surface area contributed by atoms with Crippen molar-refractivity contribution in [3.63, 3.8) is 0 Å². The van der Waals surface area contributed by atoms with E-state index in [2.05, 4.69) is 31.1 Å². The van der Waals surface area contributed by atoms with E-state index in [9.17, 15) is 4.39 Å². The number of thiazole rings is 1. The third-order valence-corrected chi connectivity index (χ3v) is 4.16. The molecular formula is C16H22FN3S. The highest BCUT2D eigenvalue weighted by molar-refractivity contribution is 7.15. The minimum atomic E-state index is -0.317. The van der Waals surface area contributed by atoms with Crippen LogP contribution in [0.3, 0.4) is 0 Å². The molecule has 0 saturated heterocycles. The number of aromatic nitrogens is 2. The Hall–Kier alpha value is -1.33. The molecule has 114 valence electrons. The first-order valence-corrected chi connectivity index (χ1v) is 8.23. The van der Waals surface area contributed by atoms with Gasteiger partial charge in [0.1, 0.15) is 10.8 Å². The Morgan fingerprint density at radius 3 is 2.76 bits per heavy atom. The topological polar surface area (TPSA) is 37.8 Å². The quantitative estimate of drug-likeness (QED) is 0.784. The van der Waals surface area contributed by atoms with Crippen molar-refractivity contribution in [3.8, 4) is 10.7 Å². The zero-order valence-corrected chi connectivity index (χ0v) is 13.6. The maximum atomic E-state index is 13.0. The fourth-order valence-corrected chi connectivity index (χ4v) is 3.09. The van der Waals surface area contributed by atoms with Crippen molar-refractivity contribution in [2.45, 2.75) is 40.2 Å². The molecule has 0 bridgehead atoms. The van der Waals surface area contributed by atoms with E-state index in [1.807, 2.05) is 0 Å². The second-order valence-corrected chi connectivity index (χ2v) is 6.61. The average Bonchev–Trinajstić information content (AvgIpc) is 2.82. The molecule has 0 aliphatic carbocycles. The van der Waals surface area contributed by atoms with Crippen LogP contribution in [0.15, 0.2) is 18.3 Å². The first-order valence-electron chi connectivity index (χ1n) is 7.41. The third-order valence-electron chi connectivity index (χ3n) is 3.04. The van der Waals surface area contributed by atoms with Gasteiger partial charge < -0.3 is 5.32 Å². The van der Waals surface area contributed by atoms with Gasteiger partial charge in [-0.3, -0.25) is 4.98 Å². The molecule has 0 saturated carbocycles. The summed E-state index contributed by atoms with van der Waals surface area (Å²) in [6.07, 6.45) is 3.32. The summed E-state index contributed by atoms with van der Waals surface area (Å²) < 4.78 is 13.0. The Labute approximate surface area is 129 Å². The number of hydrogen-bond donors (Lipinski definition) is 1. The van der Waals surface area contributed by atoms with Gasteiger partial charge in [0.05, 0.1) is 17.6 Å². The predicted octanol–water partition coefficient (Wildman–Crippen LogP) is 4.04. The molecule has 21 heavy (non-hydrogen) atoms. The van der Waals surface area contributed by atoms with Crippen molar-refractivity contribution in [1.29, 1.82) is 0 Å². The smallest absolute Gasteiger partial charge is 0.142 e. The van der Waals surface area contributed by atoms with Gasteiger partial charge in [-0.2, -0.15) is 0 Å². The van der Waals surface area contributed by atoms with Crippen molar-refractivity contribution in [2.75, 3.05) is 6.54 Å². The molecule has 2 rings (SSSR count). The lowest BCUT2D eigenvalue weighted by molar-refractivity contribution is 0.621. The lowest BCUT2D eigenvalue weighted by atomic mass is 10.1. The molecule has 0 fully saturated rings. The Kier molecular flexibility index (Phi) is 5.82. The van der Waals surface area contributed by atoms with Crippen LogP contribution in [0.1, 0.15) is 37.8 Å². The van der Waals surface area contributed by atoms with Gasteiger partial charge in [-0.05, 0) is 37.4 Å². The van der Waals surface area contributed by atoms with Gasteiger partial charge in [-0.1, -0.05) is 20.8 Å². The van der Waals surface area contributed by atoms with Gasteiger partial charge in [-0.15, -0.1) is 11.3 Å². The zero-order chi connectivity index (χ0) is 15.2. The van der Waals surface area contributed by atoms with E-state index in [4.69, 9.17) is 4.98 Å². The van der Waals surface area contributed by atoms with Gasteiger partial charge >= 0.3 is 0 Å². The van der Waals surface area contributed by atoms with Crippen LogP contribution in [0.4, 0.5) is 4.39 Å². The molecule has 2 heterocycles. The number of hydrogen-bond acceptors (Lipinski definition) is 4. The molecule has 2 aromatic heterocycles. The Morgan fingerprint density at radius 2 is 2.14 bits per heavy atom.